The molecule has 1 aromatic rings. The number of halogens is 1. The number of carboxylic acids is 1. The molecule has 0 bridgehead atoms. The highest BCUT2D eigenvalue weighted by Crippen LogP contribution is 2.30. The molecule has 1 unspecified atom stereocenters. The van der Waals surface area contributed by atoms with Crippen LogP contribution in [0.25, 0.3) is 0 Å². The minimum Gasteiger partial charge on any atom is -0.481 e. The third-order valence-electron chi connectivity index (χ3n) is 3.25. The summed E-state index contributed by atoms with van der Waals surface area (Å²) in [6.45, 7) is 1.82. The topological polar surface area (TPSA) is 66.4 Å². The third kappa shape index (κ3) is 2.84. The number of hydrogen-bond acceptors (Lipinski definition) is 3. The third-order valence-corrected chi connectivity index (χ3v) is 4.66. The average molecular weight is 288 g/mol. The van der Waals surface area contributed by atoms with Crippen molar-refractivity contribution in [2.45, 2.75) is 31.7 Å². The first-order chi connectivity index (χ1) is 8.47. The summed E-state index contributed by atoms with van der Waals surface area (Å²) in [5.74, 6) is -1.39. The van der Waals surface area contributed by atoms with Crippen molar-refractivity contribution in [1.29, 1.82) is 0 Å². The molecule has 2 rings (SSSR count). The highest BCUT2D eigenvalue weighted by molar-refractivity contribution is 7.16. The van der Waals surface area contributed by atoms with E-state index < -0.39 is 5.97 Å². The van der Waals surface area contributed by atoms with Gasteiger partial charge in [-0.15, -0.1) is 11.3 Å². The van der Waals surface area contributed by atoms with Crippen LogP contribution in [-0.4, -0.2) is 23.0 Å². The highest BCUT2D eigenvalue weighted by atomic mass is 35.5. The molecular formula is C12H14ClNO3S. The number of carbonyl (C=O) groups excluding carboxylic acids is 1. The summed E-state index contributed by atoms with van der Waals surface area (Å²) in [6.07, 6.45) is 1.05. The van der Waals surface area contributed by atoms with Gasteiger partial charge in [0, 0.05) is 10.9 Å². The van der Waals surface area contributed by atoms with Gasteiger partial charge in [-0.3, -0.25) is 9.59 Å². The number of aliphatic carboxylic acids is 1. The van der Waals surface area contributed by atoms with Gasteiger partial charge in [0.25, 0.3) is 0 Å². The van der Waals surface area contributed by atoms with E-state index in [4.69, 9.17) is 16.7 Å². The number of carboxylic acid groups (broad SMARTS) is 1. The van der Waals surface area contributed by atoms with Crippen LogP contribution in [0.15, 0.2) is 12.1 Å². The molecule has 1 aromatic heterocycles. The second-order valence-corrected chi connectivity index (χ2v) is 6.32. The molecular weight excluding hydrogens is 274 g/mol. The van der Waals surface area contributed by atoms with Crippen molar-refractivity contribution in [2.24, 2.45) is 5.92 Å². The molecule has 0 spiro atoms. The van der Waals surface area contributed by atoms with E-state index in [-0.39, 0.29) is 23.8 Å². The molecule has 4 nitrogen and oxygen atoms in total. The van der Waals surface area contributed by atoms with Gasteiger partial charge in [-0.2, -0.15) is 0 Å². The van der Waals surface area contributed by atoms with E-state index in [1.54, 1.807) is 6.07 Å². The SMILES string of the molecule is CC(C(=O)NC1CC(C(=O)O)C1)c1ccc(Cl)s1. The van der Waals surface area contributed by atoms with Crippen LogP contribution >= 0.6 is 22.9 Å². The number of amides is 1. The molecule has 1 atom stereocenters. The molecule has 18 heavy (non-hydrogen) atoms. The van der Waals surface area contributed by atoms with Crippen molar-refractivity contribution in [3.05, 3.63) is 21.3 Å². The Morgan fingerprint density at radius 3 is 2.67 bits per heavy atom. The zero-order chi connectivity index (χ0) is 13.3. The number of nitrogens with one attached hydrogen (secondary N) is 1. The van der Waals surface area contributed by atoms with Crippen LogP contribution in [-0.2, 0) is 9.59 Å². The lowest BCUT2D eigenvalue weighted by atomic mass is 9.80. The maximum absolute atomic E-state index is 11.9. The molecule has 1 aliphatic rings. The lowest BCUT2D eigenvalue weighted by Gasteiger charge is -2.33. The van der Waals surface area contributed by atoms with Gasteiger partial charge in [0.05, 0.1) is 16.2 Å². The number of hydrogen-bond donors (Lipinski definition) is 2. The van der Waals surface area contributed by atoms with Crippen molar-refractivity contribution < 1.29 is 14.7 Å². The first kappa shape index (κ1) is 13.4. The summed E-state index contributed by atoms with van der Waals surface area (Å²) >= 11 is 7.22. The quantitative estimate of drug-likeness (QED) is 0.894. The summed E-state index contributed by atoms with van der Waals surface area (Å²) in [5, 5.41) is 11.6. The predicted molar refractivity (Wildman–Crippen MR) is 70.0 cm³/mol. The van der Waals surface area contributed by atoms with Crippen LogP contribution in [0, 0.1) is 5.92 Å². The predicted octanol–water partition coefficient (Wildman–Crippen LogP) is 2.48. The fourth-order valence-electron chi connectivity index (χ4n) is 1.95. The van der Waals surface area contributed by atoms with Crippen molar-refractivity contribution >= 4 is 34.8 Å². The van der Waals surface area contributed by atoms with Gasteiger partial charge in [-0.25, -0.2) is 0 Å². The van der Waals surface area contributed by atoms with Gasteiger partial charge in [0.2, 0.25) is 5.91 Å². The molecule has 6 heteroatoms. The fraction of sp³-hybridized carbons (Fsp3) is 0.500. The Bertz CT molecular complexity index is 468. The van der Waals surface area contributed by atoms with E-state index >= 15 is 0 Å². The maximum atomic E-state index is 11.9. The average Bonchev–Trinajstić information content (AvgIpc) is 2.67. The summed E-state index contributed by atoms with van der Waals surface area (Å²) in [5.41, 5.74) is 0. The van der Waals surface area contributed by atoms with E-state index in [0.717, 1.165) is 4.88 Å². The summed E-state index contributed by atoms with van der Waals surface area (Å²) in [4.78, 5) is 23.5. The van der Waals surface area contributed by atoms with E-state index in [2.05, 4.69) is 5.32 Å². The van der Waals surface area contributed by atoms with Crippen molar-refractivity contribution in [2.75, 3.05) is 0 Å². The lowest BCUT2D eigenvalue weighted by Crippen LogP contribution is -2.47. The zero-order valence-corrected chi connectivity index (χ0v) is 11.4. The van der Waals surface area contributed by atoms with Crippen LogP contribution in [0.4, 0.5) is 0 Å². The van der Waals surface area contributed by atoms with E-state index in [9.17, 15) is 9.59 Å². The molecule has 0 saturated heterocycles. The molecule has 1 fully saturated rings. The summed E-state index contributed by atoms with van der Waals surface area (Å²) < 4.78 is 0.666. The first-order valence-electron chi connectivity index (χ1n) is 5.75. The minimum absolute atomic E-state index is 0.00326. The summed E-state index contributed by atoms with van der Waals surface area (Å²) in [7, 11) is 0. The Hall–Kier alpha value is -1.07. The van der Waals surface area contributed by atoms with Crippen molar-refractivity contribution in [3.63, 3.8) is 0 Å². The first-order valence-corrected chi connectivity index (χ1v) is 6.95. The van der Waals surface area contributed by atoms with Gasteiger partial charge in [0.15, 0.2) is 0 Å². The number of rotatable bonds is 4. The van der Waals surface area contributed by atoms with E-state index in [1.807, 2.05) is 13.0 Å². The molecule has 1 saturated carbocycles. The van der Waals surface area contributed by atoms with Gasteiger partial charge >= 0.3 is 5.97 Å². The Labute approximate surface area is 114 Å². The number of carbonyl (C=O) groups is 2. The summed E-state index contributed by atoms with van der Waals surface area (Å²) in [6, 6.07) is 3.62. The molecule has 0 aromatic carbocycles. The molecule has 1 amide bonds. The Morgan fingerprint density at radius 2 is 2.17 bits per heavy atom. The van der Waals surface area contributed by atoms with Gasteiger partial charge in [0.1, 0.15) is 0 Å². The van der Waals surface area contributed by atoms with E-state index in [1.165, 1.54) is 11.3 Å². The number of thiophene rings is 1. The molecule has 98 valence electrons. The van der Waals surface area contributed by atoms with Crippen LogP contribution < -0.4 is 5.32 Å². The van der Waals surface area contributed by atoms with Gasteiger partial charge < -0.3 is 10.4 Å². The van der Waals surface area contributed by atoms with Gasteiger partial charge in [-0.1, -0.05) is 11.6 Å². The second kappa shape index (κ2) is 5.28. The van der Waals surface area contributed by atoms with Crippen LogP contribution in [0.5, 0.6) is 0 Å². The van der Waals surface area contributed by atoms with Crippen LogP contribution in [0.1, 0.15) is 30.6 Å². The Balaban J connectivity index is 1.84. The van der Waals surface area contributed by atoms with Crippen LogP contribution in [0.2, 0.25) is 4.34 Å². The Kier molecular flexibility index (Phi) is 3.92. The van der Waals surface area contributed by atoms with Crippen molar-refractivity contribution in [1.82, 2.24) is 5.32 Å². The molecule has 0 aliphatic heterocycles. The maximum Gasteiger partial charge on any atom is 0.306 e. The van der Waals surface area contributed by atoms with E-state index in [0.29, 0.717) is 17.2 Å². The molecule has 1 aliphatic carbocycles. The smallest absolute Gasteiger partial charge is 0.306 e. The molecule has 1 heterocycles. The standard InChI is InChI=1S/C12H14ClNO3S/c1-6(9-2-3-10(13)18-9)11(15)14-8-4-7(5-8)12(16)17/h2-3,6-8H,4-5H2,1H3,(H,14,15)(H,16,17). The second-order valence-electron chi connectivity index (χ2n) is 4.58. The fourth-order valence-corrected chi connectivity index (χ4v) is 3.07. The lowest BCUT2D eigenvalue weighted by molar-refractivity contribution is -0.146. The highest BCUT2D eigenvalue weighted by Gasteiger charge is 2.36. The monoisotopic (exact) mass is 287 g/mol. The van der Waals surface area contributed by atoms with Gasteiger partial charge in [-0.05, 0) is 31.9 Å². The Morgan fingerprint density at radius 1 is 1.50 bits per heavy atom. The molecule has 0 radical (unpaired) electrons. The zero-order valence-electron chi connectivity index (χ0n) is 9.85. The minimum atomic E-state index is -0.779. The largest absolute Gasteiger partial charge is 0.481 e. The molecule has 2 N–H and O–H groups in total. The van der Waals surface area contributed by atoms with Crippen molar-refractivity contribution in [3.8, 4) is 0 Å². The normalized spacial score (nSPS) is 24.1. The van der Waals surface area contributed by atoms with Crippen LogP contribution in [0.3, 0.4) is 0 Å².